The fraction of sp³-hybridized carbons (Fsp3) is 0.0400. The number of rotatable bonds is 10. The monoisotopic (exact) mass is 726 g/mol. The first-order chi connectivity index (χ1) is 27.6. The van der Waals surface area contributed by atoms with E-state index < -0.39 is 0 Å². The molecular weight excluding hydrogens is 689 g/mol. The fourth-order valence-corrected chi connectivity index (χ4v) is 7.10. The van der Waals surface area contributed by atoms with Gasteiger partial charge in [-0.05, 0) is 70.6 Å². The van der Waals surface area contributed by atoms with E-state index in [1.54, 1.807) is 0 Å². The summed E-state index contributed by atoms with van der Waals surface area (Å²) in [5, 5.41) is 3.96. The molecule has 0 aliphatic carbocycles. The number of benzene rings is 7. The Morgan fingerprint density at radius 1 is 0.500 bits per heavy atom. The Morgan fingerprint density at radius 3 is 1.68 bits per heavy atom. The lowest BCUT2D eigenvalue weighted by molar-refractivity contribution is 0.633. The molecule has 0 bridgehead atoms. The molecule has 0 radical (unpaired) electrons. The van der Waals surface area contributed by atoms with Gasteiger partial charge in [-0.1, -0.05) is 146 Å². The minimum atomic E-state index is 0.410. The zero-order valence-electron chi connectivity index (χ0n) is 30.6. The van der Waals surface area contributed by atoms with E-state index in [9.17, 15) is 0 Å². The number of fused-ring (bicyclic) bond motifs is 7. The van der Waals surface area contributed by atoms with Gasteiger partial charge < -0.3 is 20.3 Å². The molecule has 6 nitrogen and oxygen atoms in total. The van der Waals surface area contributed by atoms with Gasteiger partial charge >= 0.3 is 0 Å². The Balaban J connectivity index is 1.04. The van der Waals surface area contributed by atoms with Crippen LogP contribution >= 0.6 is 0 Å². The molecule has 4 N–H and O–H groups in total. The summed E-state index contributed by atoms with van der Waals surface area (Å²) in [5.41, 5.74) is 24.3. The van der Waals surface area contributed by atoms with Crippen LogP contribution in [0.1, 0.15) is 33.4 Å². The molecule has 0 fully saturated rings. The van der Waals surface area contributed by atoms with Crippen LogP contribution in [-0.4, -0.2) is 11.5 Å². The lowest BCUT2D eigenvalue weighted by atomic mass is 10.1. The van der Waals surface area contributed by atoms with E-state index in [1.807, 2.05) is 133 Å². The molecule has 0 aliphatic heterocycles. The Bertz CT molecular complexity index is 2960. The van der Waals surface area contributed by atoms with E-state index in [1.165, 1.54) is 5.56 Å². The predicted octanol–water partition coefficient (Wildman–Crippen LogP) is 11.5. The molecule has 270 valence electrons. The van der Waals surface area contributed by atoms with Crippen LogP contribution in [0.3, 0.4) is 0 Å². The average Bonchev–Trinajstić information content (AvgIpc) is 3.83. The van der Waals surface area contributed by atoms with E-state index in [4.69, 9.17) is 30.3 Å². The number of hydrogen-bond donors (Lipinski definition) is 2. The van der Waals surface area contributed by atoms with E-state index in [2.05, 4.69) is 48.5 Å². The SMILES string of the molecule is NC(=N/C(=C\Cc1ccccc1)c1ccccc1)c1ccc2c(c1)oc1c2ccc2c3ccc(CN=C(/C=C(\N)c4ccccc4)c4ccccc4)cc3oc21. The number of nitrogens with zero attached hydrogens (tertiary/aromatic N) is 2. The van der Waals surface area contributed by atoms with Gasteiger partial charge in [0, 0.05) is 32.8 Å². The highest BCUT2D eigenvalue weighted by molar-refractivity contribution is 6.19. The molecule has 0 saturated heterocycles. The second kappa shape index (κ2) is 15.1. The molecular formula is C50H38N4O2. The van der Waals surface area contributed by atoms with Crippen molar-refractivity contribution in [3.8, 4) is 0 Å². The highest BCUT2D eigenvalue weighted by Crippen LogP contribution is 2.39. The molecule has 9 rings (SSSR count). The number of aliphatic imine (C=N–C) groups is 2. The summed E-state index contributed by atoms with van der Waals surface area (Å²) in [7, 11) is 0. The van der Waals surface area contributed by atoms with Crippen LogP contribution < -0.4 is 11.5 Å². The molecule has 6 heteroatoms. The topological polar surface area (TPSA) is 103 Å². The molecule has 9 aromatic rings. The van der Waals surface area contributed by atoms with Crippen LogP contribution in [0.5, 0.6) is 0 Å². The second-order valence-electron chi connectivity index (χ2n) is 13.7. The second-order valence-corrected chi connectivity index (χ2v) is 13.7. The van der Waals surface area contributed by atoms with Crippen LogP contribution in [0.25, 0.3) is 55.3 Å². The molecule has 0 amide bonds. The van der Waals surface area contributed by atoms with Crippen LogP contribution in [0.4, 0.5) is 0 Å². The first-order valence-corrected chi connectivity index (χ1v) is 18.6. The Kier molecular flexibility index (Phi) is 9.27. The zero-order chi connectivity index (χ0) is 37.8. The third kappa shape index (κ3) is 6.99. The average molecular weight is 727 g/mol. The normalized spacial score (nSPS) is 13.0. The van der Waals surface area contributed by atoms with Gasteiger partial charge in [0.2, 0.25) is 0 Å². The first-order valence-electron chi connectivity index (χ1n) is 18.6. The highest BCUT2D eigenvalue weighted by atomic mass is 16.4. The Hall–Kier alpha value is -7.44. The van der Waals surface area contributed by atoms with Gasteiger partial charge in [0.1, 0.15) is 17.0 Å². The minimum absolute atomic E-state index is 0.410. The molecule has 0 atom stereocenters. The maximum absolute atomic E-state index is 6.70. The van der Waals surface area contributed by atoms with Gasteiger partial charge in [-0.15, -0.1) is 0 Å². The van der Waals surface area contributed by atoms with E-state index in [0.717, 1.165) is 72.8 Å². The number of amidine groups is 1. The fourth-order valence-electron chi connectivity index (χ4n) is 7.10. The lowest BCUT2D eigenvalue weighted by Gasteiger charge is -2.06. The van der Waals surface area contributed by atoms with Crippen molar-refractivity contribution in [1.29, 1.82) is 0 Å². The van der Waals surface area contributed by atoms with Gasteiger partial charge in [0.15, 0.2) is 11.2 Å². The summed E-state index contributed by atoms with van der Waals surface area (Å²) in [6.07, 6.45) is 4.80. The predicted molar refractivity (Wildman–Crippen MR) is 232 cm³/mol. The van der Waals surface area contributed by atoms with E-state index >= 15 is 0 Å². The molecule has 0 spiro atoms. The van der Waals surface area contributed by atoms with Crippen molar-refractivity contribution in [2.45, 2.75) is 13.0 Å². The van der Waals surface area contributed by atoms with Crippen LogP contribution in [0.15, 0.2) is 201 Å². The highest BCUT2D eigenvalue weighted by Gasteiger charge is 2.17. The van der Waals surface area contributed by atoms with Gasteiger partial charge in [-0.25, -0.2) is 4.99 Å². The van der Waals surface area contributed by atoms with Crippen molar-refractivity contribution in [2.75, 3.05) is 0 Å². The van der Waals surface area contributed by atoms with Crippen molar-refractivity contribution in [3.05, 3.63) is 215 Å². The standard InChI is InChI=1S/C50H38N4O2/c51-43(35-15-7-2-8-16-35)31-45(37-19-11-4-12-20-37)53-32-34-21-24-39-41-26-27-42-40-25-23-38(30-47(40)56-49(42)48(41)55-46(39)29-34)50(52)54-44(36-17-9-3-10-18-36)28-22-33-13-5-1-6-14-33/h1-21,23-31H,22,32,51H2,(H2,52,54)/b43-31-,44-28-,53-45?. The zero-order valence-corrected chi connectivity index (χ0v) is 30.6. The summed E-state index contributed by atoms with van der Waals surface area (Å²) in [5.74, 6) is 0.410. The van der Waals surface area contributed by atoms with Crippen LogP contribution in [-0.2, 0) is 13.0 Å². The van der Waals surface area contributed by atoms with Gasteiger partial charge in [0.25, 0.3) is 0 Å². The van der Waals surface area contributed by atoms with Crippen molar-refractivity contribution >= 4 is 66.8 Å². The summed E-state index contributed by atoms with van der Waals surface area (Å²) < 4.78 is 13.1. The Labute approximate surface area is 324 Å². The molecule has 2 heterocycles. The maximum atomic E-state index is 6.70. The minimum Gasteiger partial charge on any atom is -0.452 e. The number of nitrogens with two attached hydrogens (primary N) is 2. The molecule has 7 aromatic carbocycles. The summed E-state index contributed by atoms with van der Waals surface area (Å²) in [6.45, 7) is 0.453. The van der Waals surface area contributed by atoms with E-state index in [0.29, 0.717) is 34.8 Å². The van der Waals surface area contributed by atoms with Crippen molar-refractivity contribution < 1.29 is 8.83 Å². The van der Waals surface area contributed by atoms with Crippen molar-refractivity contribution in [1.82, 2.24) is 0 Å². The lowest BCUT2D eigenvalue weighted by Crippen LogP contribution is -2.13. The van der Waals surface area contributed by atoms with Gasteiger partial charge in [-0.2, -0.15) is 0 Å². The van der Waals surface area contributed by atoms with E-state index in [-0.39, 0.29) is 0 Å². The quantitative estimate of drug-likeness (QED) is 0.108. The van der Waals surface area contributed by atoms with Crippen LogP contribution in [0.2, 0.25) is 0 Å². The molecule has 0 unspecified atom stereocenters. The number of furan rings is 2. The molecule has 0 aliphatic rings. The largest absolute Gasteiger partial charge is 0.452 e. The number of hydrogen-bond acceptors (Lipinski definition) is 5. The molecule has 0 saturated carbocycles. The summed E-state index contributed by atoms with van der Waals surface area (Å²) >= 11 is 0. The van der Waals surface area contributed by atoms with Crippen molar-refractivity contribution in [3.63, 3.8) is 0 Å². The molecule has 2 aromatic heterocycles. The third-order valence-electron chi connectivity index (χ3n) is 10.0. The smallest absolute Gasteiger partial charge is 0.178 e. The van der Waals surface area contributed by atoms with Crippen molar-refractivity contribution in [2.24, 2.45) is 21.5 Å². The first kappa shape index (κ1) is 34.3. The number of allylic oxidation sites excluding steroid dienone is 2. The van der Waals surface area contributed by atoms with Gasteiger partial charge in [-0.3, -0.25) is 4.99 Å². The summed E-state index contributed by atoms with van der Waals surface area (Å²) in [6, 6.07) is 57.0. The van der Waals surface area contributed by atoms with Gasteiger partial charge in [0.05, 0.1) is 18.0 Å². The Morgan fingerprint density at radius 2 is 1.04 bits per heavy atom. The van der Waals surface area contributed by atoms with Crippen LogP contribution in [0, 0.1) is 0 Å². The maximum Gasteiger partial charge on any atom is 0.178 e. The third-order valence-corrected chi connectivity index (χ3v) is 10.0. The molecule has 56 heavy (non-hydrogen) atoms. The summed E-state index contributed by atoms with van der Waals surface area (Å²) in [4.78, 5) is 9.95.